The number of nitriles is 1. The highest BCUT2D eigenvalue weighted by Crippen LogP contribution is 2.13. The van der Waals surface area contributed by atoms with E-state index >= 15 is 0 Å². The molecular formula is C13H13NO2. The van der Waals surface area contributed by atoms with Gasteiger partial charge >= 0.3 is 0 Å². The summed E-state index contributed by atoms with van der Waals surface area (Å²) in [7, 11) is 0. The van der Waals surface area contributed by atoms with Crippen LogP contribution in [0.25, 0.3) is 0 Å². The van der Waals surface area contributed by atoms with Crippen molar-refractivity contribution >= 4 is 11.6 Å². The second-order valence-corrected chi connectivity index (χ2v) is 3.86. The number of hydrogen-bond donors (Lipinski definition) is 0. The van der Waals surface area contributed by atoms with Crippen molar-refractivity contribution in [3.05, 3.63) is 35.4 Å². The van der Waals surface area contributed by atoms with Gasteiger partial charge in [0.05, 0.1) is 11.6 Å². The highest BCUT2D eigenvalue weighted by Gasteiger charge is 2.16. The topological polar surface area (TPSA) is 57.9 Å². The lowest BCUT2D eigenvalue weighted by Crippen LogP contribution is -2.14. The predicted molar refractivity (Wildman–Crippen MR) is 59.9 cm³/mol. The zero-order chi connectivity index (χ0) is 12.1. The molecule has 0 aliphatic heterocycles. The molecule has 1 aromatic carbocycles. The number of ketones is 2. The number of hydrogen-bond acceptors (Lipinski definition) is 3. The van der Waals surface area contributed by atoms with E-state index < -0.39 is 0 Å². The third-order valence-corrected chi connectivity index (χ3v) is 2.34. The summed E-state index contributed by atoms with van der Waals surface area (Å²) in [4.78, 5) is 22.7. The van der Waals surface area contributed by atoms with Crippen molar-refractivity contribution in [3.63, 3.8) is 0 Å². The van der Waals surface area contributed by atoms with E-state index in [9.17, 15) is 9.59 Å². The number of benzene rings is 1. The van der Waals surface area contributed by atoms with Crippen LogP contribution in [0.15, 0.2) is 24.3 Å². The van der Waals surface area contributed by atoms with E-state index in [4.69, 9.17) is 5.26 Å². The van der Waals surface area contributed by atoms with Crippen molar-refractivity contribution in [1.29, 1.82) is 5.26 Å². The molecule has 0 radical (unpaired) electrons. The van der Waals surface area contributed by atoms with Gasteiger partial charge in [0.15, 0.2) is 5.78 Å². The maximum atomic E-state index is 11.8. The van der Waals surface area contributed by atoms with Crippen molar-refractivity contribution in [2.24, 2.45) is 5.92 Å². The van der Waals surface area contributed by atoms with E-state index in [-0.39, 0.29) is 23.9 Å². The van der Waals surface area contributed by atoms with Crippen LogP contribution in [0.1, 0.15) is 36.2 Å². The van der Waals surface area contributed by atoms with Gasteiger partial charge in [0.25, 0.3) is 0 Å². The Hall–Kier alpha value is -1.95. The zero-order valence-electron chi connectivity index (χ0n) is 9.36. The van der Waals surface area contributed by atoms with Crippen LogP contribution >= 0.6 is 0 Å². The first kappa shape index (κ1) is 12.1. The maximum absolute atomic E-state index is 11.8. The molecule has 1 atom stereocenters. The smallest absolute Gasteiger partial charge is 0.166 e. The highest BCUT2D eigenvalue weighted by atomic mass is 16.1. The molecule has 0 N–H and O–H groups in total. The molecule has 1 aromatic rings. The third kappa shape index (κ3) is 3.03. The molecule has 3 heteroatoms. The average molecular weight is 215 g/mol. The first-order valence-corrected chi connectivity index (χ1v) is 5.08. The second kappa shape index (κ2) is 5.22. The minimum Gasteiger partial charge on any atom is -0.300 e. The molecule has 0 aliphatic carbocycles. The van der Waals surface area contributed by atoms with Crippen molar-refractivity contribution in [1.82, 2.24) is 0 Å². The SMILES string of the molecule is CC(=O)CC(C)C(=O)c1ccc(C#N)cc1. The fourth-order valence-electron chi connectivity index (χ4n) is 1.52. The fourth-order valence-corrected chi connectivity index (χ4v) is 1.52. The van der Waals surface area contributed by atoms with E-state index in [1.807, 2.05) is 6.07 Å². The van der Waals surface area contributed by atoms with E-state index in [2.05, 4.69) is 0 Å². The number of nitrogens with zero attached hydrogens (tertiary/aromatic N) is 1. The highest BCUT2D eigenvalue weighted by molar-refractivity contribution is 5.99. The van der Waals surface area contributed by atoms with Crippen LogP contribution in [0, 0.1) is 17.2 Å². The van der Waals surface area contributed by atoms with Gasteiger partial charge in [-0.2, -0.15) is 5.26 Å². The van der Waals surface area contributed by atoms with Crippen molar-refractivity contribution in [3.8, 4) is 6.07 Å². The van der Waals surface area contributed by atoms with Crippen LogP contribution in [0.4, 0.5) is 0 Å². The second-order valence-electron chi connectivity index (χ2n) is 3.86. The van der Waals surface area contributed by atoms with Gasteiger partial charge in [-0.15, -0.1) is 0 Å². The summed E-state index contributed by atoms with van der Waals surface area (Å²) in [6.45, 7) is 3.21. The molecule has 0 saturated carbocycles. The normalized spacial score (nSPS) is 11.6. The van der Waals surface area contributed by atoms with Crippen molar-refractivity contribution < 1.29 is 9.59 Å². The Bertz CT molecular complexity index is 440. The van der Waals surface area contributed by atoms with Gasteiger partial charge in [0, 0.05) is 17.9 Å². The summed E-state index contributed by atoms with van der Waals surface area (Å²) >= 11 is 0. The molecule has 1 unspecified atom stereocenters. The maximum Gasteiger partial charge on any atom is 0.166 e. The number of carbonyl (C=O) groups is 2. The van der Waals surface area contributed by atoms with Crippen LogP contribution in [0.5, 0.6) is 0 Å². The van der Waals surface area contributed by atoms with E-state index in [0.717, 1.165) is 0 Å². The zero-order valence-corrected chi connectivity index (χ0v) is 9.36. The molecule has 0 heterocycles. The van der Waals surface area contributed by atoms with E-state index in [0.29, 0.717) is 11.1 Å². The standard InChI is InChI=1S/C13H13NO2/c1-9(7-10(2)15)13(16)12-5-3-11(8-14)4-6-12/h3-6,9H,7H2,1-2H3. The van der Waals surface area contributed by atoms with Crippen LogP contribution in [-0.2, 0) is 4.79 Å². The summed E-state index contributed by atoms with van der Waals surface area (Å²) in [5.74, 6) is -0.348. The van der Waals surface area contributed by atoms with Crippen molar-refractivity contribution in [2.75, 3.05) is 0 Å². The lowest BCUT2D eigenvalue weighted by atomic mass is 9.94. The Morgan fingerprint density at radius 3 is 2.31 bits per heavy atom. The van der Waals surface area contributed by atoms with Crippen LogP contribution < -0.4 is 0 Å². The molecule has 0 fully saturated rings. The summed E-state index contributed by atoms with van der Waals surface area (Å²) < 4.78 is 0. The Balaban J connectivity index is 2.80. The molecule has 0 aliphatic rings. The molecule has 0 bridgehead atoms. The van der Waals surface area contributed by atoms with Gasteiger partial charge in [-0.1, -0.05) is 19.1 Å². The Morgan fingerprint density at radius 1 is 1.31 bits per heavy atom. The Morgan fingerprint density at radius 2 is 1.88 bits per heavy atom. The largest absolute Gasteiger partial charge is 0.300 e. The number of carbonyl (C=O) groups excluding carboxylic acids is 2. The minimum atomic E-state index is -0.301. The lowest BCUT2D eigenvalue weighted by Gasteiger charge is -2.07. The molecule has 0 amide bonds. The van der Waals surface area contributed by atoms with E-state index in [1.54, 1.807) is 31.2 Å². The van der Waals surface area contributed by atoms with Crippen LogP contribution in [0.2, 0.25) is 0 Å². The fraction of sp³-hybridized carbons (Fsp3) is 0.308. The molecular weight excluding hydrogens is 202 g/mol. The quantitative estimate of drug-likeness (QED) is 0.724. The molecule has 1 rings (SSSR count). The van der Waals surface area contributed by atoms with Gasteiger partial charge in [-0.3, -0.25) is 4.79 Å². The molecule has 0 saturated heterocycles. The van der Waals surface area contributed by atoms with Crippen LogP contribution in [-0.4, -0.2) is 11.6 Å². The first-order valence-electron chi connectivity index (χ1n) is 5.08. The van der Waals surface area contributed by atoms with Gasteiger partial charge in [-0.05, 0) is 19.1 Å². The third-order valence-electron chi connectivity index (χ3n) is 2.34. The molecule has 0 spiro atoms. The molecule has 3 nitrogen and oxygen atoms in total. The predicted octanol–water partition coefficient (Wildman–Crippen LogP) is 2.36. The summed E-state index contributed by atoms with van der Waals surface area (Å²) in [5, 5.41) is 8.62. The van der Waals surface area contributed by atoms with Crippen molar-refractivity contribution in [2.45, 2.75) is 20.3 Å². The number of Topliss-reactive ketones (excluding diaryl/α,β-unsaturated/α-hetero) is 2. The minimum absolute atomic E-state index is 0.00879. The molecule has 0 aromatic heterocycles. The summed E-state index contributed by atoms with van der Waals surface area (Å²) in [6.07, 6.45) is 0.263. The van der Waals surface area contributed by atoms with Crippen LogP contribution in [0.3, 0.4) is 0 Å². The summed E-state index contributed by atoms with van der Waals surface area (Å²) in [5.41, 5.74) is 1.07. The summed E-state index contributed by atoms with van der Waals surface area (Å²) in [6, 6.07) is 8.44. The van der Waals surface area contributed by atoms with E-state index in [1.165, 1.54) is 6.92 Å². The average Bonchev–Trinajstić information content (AvgIpc) is 2.27. The molecule has 16 heavy (non-hydrogen) atoms. The monoisotopic (exact) mass is 215 g/mol. The van der Waals surface area contributed by atoms with Gasteiger partial charge in [0.1, 0.15) is 5.78 Å². The Labute approximate surface area is 94.7 Å². The lowest BCUT2D eigenvalue weighted by molar-refractivity contribution is -0.117. The first-order chi connectivity index (χ1) is 7.54. The van der Waals surface area contributed by atoms with Gasteiger partial charge in [0.2, 0.25) is 0 Å². The molecule has 82 valence electrons. The Kier molecular flexibility index (Phi) is 3.96. The van der Waals surface area contributed by atoms with Gasteiger partial charge in [-0.25, -0.2) is 0 Å². The number of rotatable bonds is 4. The van der Waals surface area contributed by atoms with Gasteiger partial charge < -0.3 is 4.79 Å².